The summed E-state index contributed by atoms with van der Waals surface area (Å²) in [6.07, 6.45) is 1.06. The molecule has 1 aromatic heterocycles. The molecule has 0 aliphatic carbocycles. The van der Waals surface area contributed by atoms with E-state index in [1.807, 2.05) is 0 Å². The topological polar surface area (TPSA) is 30.7 Å². The van der Waals surface area contributed by atoms with Gasteiger partial charge in [0.05, 0.1) is 0 Å². The summed E-state index contributed by atoms with van der Waals surface area (Å²) in [6, 6.07) is 0. The molecule has 13 heavy (non-hydrogen) atoms. The van der Waals surface area contributed by atoms with Crippen molar-refractivity contribution >= 4 is 0 Å². The van der Waals surface area contributed by atoms with Gasteiger partial charge in [0.1, 0.15) is 11.6 Å². The van der Waals surface area contributed by atoms with E-state index in [1.54, 1.807) is 0 Å². The molecule has 0 amide bonds. The first-order chi connectivity index (χ1) is 5.99. The molecular formula is C10H17N3. The molecule has 3 heteroatoms. The van der Waals surface area contributed by atoms with Crippen LogP contribution in [0.1, 0.15) is 45.3 Å². The van der Waals surface area contributed by atoms with E-state index in [2.05, 4.69) is 42.5 Å². The van der Waals surface area contributed by atoms with Crippen LogP contribution in [0.15, 0.2) is 0 Å². The molecule has 0 aromatic carbocycles. The SMILES string of the molecule is CC(C)c1nnc2n1CC(C)(C)C2. The number of hydrogen-bond acceptors (Lipinski definition) is 2. The van der Waals surface area contributed by atoms with Crippen molar-refractivity contribution in [2.75, 3.05) is 0 Å². The summed E-state index contributed by atoms with van der Waals surface area (Å²) in [5.41, 5.74) is 0.370. The Hall–Kier alpha value is -0.860. The molecule has 0 saturated heterocycles. The zero-order chi connectivity index (χ0) is 9.64. The van der Waals surface area contributed by atoms with E-state index >= 15 is 0 Å². The molecule has 2 rings (SSSR count). The molecule has 1 aliphatic heterocycles. The Kier molecular flexibility index (Phi) is 1.72. The molecule has 0 spiro atoms. The summed E-state index contributed by atoms with van der Waals surface area (Å²) in [7, 11) is 0. The molecule has 0 atom stereocenters. The molecule has 72 valence electrons. The van der Waals surface area contributed by atoms with Gasteiger partial charge in [0.25, 0.3) is 0 Å². The van der Waals surface area contributed by atoms with Gasteiger partial charge in [-0.25, -0.2) is 0 Å². The quantitative estimate of drug-likeness (QED) is 0.660. The van der Waals surface area contributed by atoms with Crippen LogP contribution in [0, 0.1) is 5.41 Å². The molecule has 0 unspecified atom stereocenters. The standard InChI is InChI=1S/C10H17N3/c1-7(2)9-12-11-8-5-10(3,4)6-13(8)9/h7H,5-6H2,1-4H3. The fraction of sp³-hybridized carbons (Fsp3) is 0.800. The van der Waals surface area contributed by atoms with E-state index < -0.39 is 0 Å². The van der Waals surface area contributed by atoms with Gasteiger partial charge in [-0.05, 0) is 5.41 Å². The molecule has 0 saturated carbocycles. The van der Waals surface area contributed by atoms with Crippen molar-refractivity contribution in [1.29, 1.82) is 0 Å². The van der Waals surface area contributed by atoms with Crippen LogP contribution in [-0.2, 0) is 13.0 Å². The van der Waals surface area contributed by atoms with Crippen LogP contribution >= 0.6 is 0 Å². The molecule has 1 aliphatic rings. The van der Waals surface area contributed by atoms with Crippen LogP contribution in [0.4, 0.5) is 0 Å². The maximum Gasteiger partial charge on any atom is 0.135 e. The van der Waals surface area contributed by atoms with Gasteiger partial charge in [-0.3, -0.25) is 0 Å². The van der Waals surface area contributed by atoms with Gasteiger partial charge in [-0.1, -0.05) is 27.7 Å². The summed E-state index contributed by atoms with van der Waals surface area (Å²) in [6.45, 7) is 9.98. The van der Waals surface area contributed by atoms with Crippen LogP contribution in [0.5, 0.6) is 0 Å². The molecule has 0 bridgehead atoms. The van der Waals surface area contributed by atoms with Crippen LogP contribution in [0.3, 0.4) is 0 Å². The van der Waals surface area contributed by atoms with Gasteiger partial charge >= 0.3 is 0 Å². The third kappa shape index (κ3) is 1.36. The second-order valence-electron chi connectivity index (χ2n) is 5.06. The van der Waals surface area contributed by atoms with E-state index in [9.17, 15) is 0 Å². The molecule has 2 heterocycles. The molecule has 0 radical (unpaired) electrons. The average molecular weight is 179 g/mol. The highest BCUT2D eigenvalue weighted by molar-refractivity contribution is 5.07. The third-order valence-corrected chi connectivity index (χ3v) is 2.60. The van der Waals surface area contributed by atoms with Gasteiger partial charge in [-0.15, -0.1) is 10.2 Å². The van der Waals surface area contributed by atoms with Crippen LogP contribution in [0.2, 0.25) is 0 Å². The minimum atomic E-state index is 0.370. The predicted octanol–water partition coefficient (Wildman–Crippen LogP) is 1.98. The smallest absolute Gasteiger partial charge is 0.135 e. The van der Waals surface area contributed by atoms with E-state index in [-0.39, 0.29) is 0 Å². The monoisotopic (exact) mass is 179 g/mol. The number of rotatable bonds is 1. The highest BCUT2D eigenvalue weighted by Crippen LogP contribution is 2.32. The number of fused-ring (bicyclic) bond motifs is 1. The van der Waals surface area contributed by atoms with E-state index in [4.69, 9.17) is 0 Å². The van der Waals surface area contributed by atoms with E-state index in [0.29, 0.717) is 11.3 Å². The van der Waals surface area contributed by atoms with E-state index in [0.717, 1.165) is 24.6 Å². The molecule has 0 fully saturated rings. The Labute approximate surface area is 79.2 Å². The fourth-order valence-corrected chi connectivity index (χ4v) is 1.99. The zero-order valence-electron chi connectivity index (χ0n) is 8.83. The average Bonchev–Trinajstić information content (AvgIpc) is 2.41. The largest absolute Gasteiger partial charge is 0.314 e. The summed E-state index contributed by atoms with van der Waals surface area (Å²) >= 11 is 0. The lowest BCUT2D eigenvalue weighted by Crippen LogP contribution is -2.14. The van der Waals surface area contributed by atoms with Gasteiger partial charge < -0.3 is 4.57 Å². The normalized spacial score (nSPS) is 19.5. The maximum absolute atomic E-state index is 4.23. The first-order valence-electron chi connectivity index (χ1n) is 4.91. The minimum Gasteiger partial charge on any atom is -0.314 e. The van der Waals surface area contributed by atoms with Crippen molar-refractivity contribution in [3.63, 3.8) is 0 Å². The first-order valence-corrected chi connectivity index (χ1v) is 4.91. The second kappa shape index (κ2) is 2.56. The summed E-state index contributed by atoms with van der Waals surface area (Å²) in [5.74, 6) is 2.78. The molecule has 0 N–H and O–H groups in total. The van der Waals surface area contributed by atoms with Crippen molar-refractivity contribution in [2.45, 2.75) is 46.6 Å². The predicted molar refractivity (Wildman–Crippen MR) is 51.6 cm³/mol. The maximum atomic E-state index is 4.23. The van der Waals surface area contributed by atoms with Crippen molar-refractivity contribution in [3.05, 3.63) is 11.6 Å². The fourth-order valence-electron chi connectivity index (χ4n) is 1.99. The van der Waals surface area contributed by atoms with Crippen molar-refractivity contribution in [2.24, 2.45) is 5.41 Å². The van der Waals surface area contributed by atoms with Crippen LogP contribution < -0.4 is 0 Å². The lowest BCUT2D eigenvalue weighted by atomic mass is 9.92. The summed E-state index contributed by atoms with van der Waals surface area (Å²) in [4.78, 5) is 0. The highest BCUT2D eigenvalue weighted by Gasteiger charge is 2.32. The molecule has 1 aromatic rings. The van der Waals surface area contributed by atoms with Gasteiger partial charge in [-0.2, -0.15) is 0 Å². The summed E-state index contributed by atoms with van der Waals surface area (Å²) in [5, 5.41) is 8.44. The van der Waals surface area contributed by atoms with Gasteiger partial charge in [0, 0.05) is 18.9 Å². The Morgan fingerprint density at radius 3 is 2.62 bits per heavy atom. The van der Waals surface area contributed by atoms with Crippen LogP contribution in [-0.4, -0.2) is 14.8 Å². The number of hydrogen-bond donors (Lipinski definition) is 0. The Bertz CT molecular complexity index is 323. The molecule has 3 nitrogen and oxygen atoms in total. The Morgan fingerprint density at radius 1 is 1.31 bits per heavy atom. The lowest BCUT2D eigenvalue weighted by molar-refractivity contribution is 0.350. The minimum absolute atomic E-state index is 0.370. The van der Waals surface area contributed by atoms with Crippen molar-refractivity contribution in [1.82, 2.24) is 14.8 Å². The Balaban J connectivity index is 2.38. The van der Waals surface area contributed by atoms with Gasteiger partial charge in [0.15, 0.2) is 0 Å². The van der Waals surface area contributed by atoms with E-state index in [1.165, 1.54) is 0 Å². The number of nitrogens with zero attached hydrogens (tertiary/aromatic N) is 3. The molecular weight excluding hydrogens is 162 g/mol. The summed E-state index contributed by atoms with van der Waals surface area (Å²) < 4.78 is 2.28. The third-order valence-electron chi connectivity index (χ3n) is 2.60. The lowest BCUT2D eigenvalue weighted by Gasteiger charge is -2.16. The van der Waals surface area contributed by atoms with Crippen LogP contribution in [0.25, 0.3) is 0 Å². The Morgan fingerprint density at radius 2 is 2.00 bits per heavy atom. The van der Waals surface area contributed by atoms with Gasteiger partial charge in [0.2, 0.25) is 0 Å². The van der Waals surface area contributed by atoms with Crippen molar-refractivity contribution in [3.8, 4) is 0 Å². The highest BCUT2D eigenvalue weighted by atomic mass is 15.3. The first kappa shape index (κ1) is 8.73. The zero-order valence-corrected chi connectivity index (χ0v) is 8.83. The second-order valence-corrected chi connectivity index (χ2v) is 5.06. The number of aromatic nitrogens is 3. The van der Waals surface area contributed by atoms with Crippen molar-refractivity contribution < 1.29 is 0 Å².